The molecule has 2 fully saturated rings. The van der Waals surface area contributed by atoms with Gasteiger partial charge in [-0.05, 0) is 68.5 Å². The molecule has 0 atom stereocenters. The molecule has 0 spiro atoms. The summed E-state index contributed by atoms with van der Waals surface area (Å²) in [6.07, 6.45) is 2.76. The fourth-order valence-corrected chi connectivity index (χ4v) is 6.05. The molecule has 2 amide bonds. The highest BCUT2D eigenvalue weighted by Gasteiger charge is 2.33. The number of anilines is 1. The Morgan fingerprint density at radius 2 is 1.65 bits per heavy atom. The van der Waals surface area contributed by atoms with Gasteiger partial charge >= 0.3 is 0 Å². The first kappa shape index (κ1) is 23.9. The highest BCUT2D eigenvalue weighted by Crippen LogP contribution is 2.28. The molecule has 2 saturated heterocycles. The Labute approximate surface area is 200 Å². The zero-order valence-electron chi connectivity index (χ0n) is 19.2. The Balaban J connectivity index is 1.42. The van der Waals surface area contributed by atoms with E-state index in [2.05, 4.69) is 5.32 Å². The molecule has 0 aromatic heterocycles. The Morgan fingerprint density at radius 1 is 1.00 bits per heavy atom. The lowest BCUT2D eigenvalue weighted by atomic mass is 9.96. The molecular formula is C25H28N4O4S. The SMILES string of the molecule is Cc1cccc(NC(=O)C2CCN(S(=O)(=O)c3ccc(C#N)cc3)CC2)c1C(=O)N1CCCC1. The van der Waals surface area contributed by atoms with Crippen LogP contribution in [0.3, 0.4) is 0 Å². The maximum atomic E-state index is 13.1. The van der Waals surface area contributed by atoms with Gasteiger partial charge in [-0.25, -0.2) is 8.42 Å². The number of aryl methyl sites for hydroxylation is 1. The Hall–Kier alpha value is -3.22. The average molecular weight is 481 g/mol. The van der Waals surface area contributed by atoms with Gasteiger partial charge in [-0.15, -0.1) is 0 Å². The average Bonchev–Trinajstić information content (AvgIpc) is 3.39. The first-order valence-electron chi connectivity index (χ1n) is 11.5. The summed E-state index contributed by atoms with van der Waals surface area (Å²) in [5.41, 5.74) is 2.25. The third kappa shape index (κ3) is 4.83. The van der Waals surface area contributed by atoms with Crippen LogP contribution in [-0.4, -0.2) is 55.6 Å². The Morgan fingerprint density at radius 3 is 2.26 bits per heavy atom. The van der Waals surface area contributed by atoms with Crippen LogP contribution >= 0.6 is 0 Å². The number of rotatable bonds is 5. The van der Waals surface area contributed by atoms with Gasteiger partial charge in [0.1, 0.15) is 0 Å². The van der Waals surface area contributed by atoms with E-state index in [4.69, 9.17) is 5.26 Å². The summed E-state index contributed by atoms with van der Waals surface area (Å²) in [4.78, 5) is 28.1. The van der Waals surface area contributed by atoms with Gasteiger partial charge in [-0.3, -0.25) is 9.59 Å². The number of piperidine rings is 1. The number of sulfonamides is 1. The monoisotopic (exact) mass is 480 g/mol. The molecule has 1 N–H and O–H groups in total. The summed E-state index contributed by atoms with van der Waals surface area (Å²) in [7, 11) is -3.69. The molecule has 8 nitrogen and oxygen atoms in total. The van der Waals surface area contributed by atoms with Crippen molar-refractivity contribution in [3.05, 3.63) is 59.2 Å². The molecule has 0 bridgehead atoms. The Bertz CT molecular complexity index is 1220. The summed E-state index contributed by atoms with van der Waals surface area (Å²) < 4.78 is 27.3. The minimum Gasteiger partial charge on any atom is -0.339 e. The van der Waals surface area contributed by atoms with Crippen LogP contribution in [-0.2, 0) is 14.8 Å². The van der Waals surface area contributed by atoms with Gasteiger partial charge in [0.25, 0.3) is 5.91 Å². The zero-order chi connectivity index (χ0) is 24.3. The van der Waals surface area contributed by atoms with E-state index in [-0.39, 0.29) is 35.7 Å². The number of benzene rings is 2. The van der Waals surface area contributed by atoms with Gasteiger partial charge in [-0.2, -0.15) is 9.57 Å². The fourth-order valence-electron chi connectivity index (χ4n) is 4.58. The highest BCUT2D eigenvalue weighted by atomic mass is 32.2. The summed E-state index contributed by atoms with van der Waals surface area (Å²) in [5, 5.41) is 11.9. The topological polar surface area (TPSA) is 111 Å². The number of hydrogen-bond acceptors (Lipinski definition) is 5. The second-order valence-corrected chi connectivity index (χ2v) is 10.7. The lowest BCUT2D eigenvalue weighted by Gasteiger charge is -2.30. The number of carbonyl (C=O) groups is 2. The molecule has 2 aliphatic heterocycles. The van der Waals surface area contributed by atoms with Crippen LogP contribution in [0.4, 0.5) is 5.69 Å². The third-order valence-electron chi connectivity index (χ3n) is 6.58. The van der Waals surface area contributed by atoms with Gasteiger partial charge < -0.3 is 10.2 Å². The van der Waals surface area contributed by atoms with Crippen molar-refractivity contribution in [3.63, 3.8) is 0 Å². The van der Waals surface area contributed by atoms with Crippen LogP contribution in [0.25, 0.3) is 0 Å². The number of hydrogen-bond donors (Lipinski definition) is 1. The molecule has 0 unspecified atom stereocenters. The highest BCUT2D eigenvalue weighted by molar-refractivity contribution is 7.89. The summed E-state index contributed by atoms with van der Waals surface area (Å²) >= 11 is 0. The van der Waals surface area contributed by atoms with E-state index in [0.717, 1.165) is 31.5 Å². The maximum absolute atomic E-state index is 13.1. The van der Waals surface area contributed by atoms with E-state index in [1.54, 1.807) is 6.07 Å². The summed E-state index contributed by atoms with van der Waals surface area (Å²) in [5.74, 6) is -0.603. The maximum Gasteiger partial charge on any atom is 0.256 e. The van der Waals surface area contributed by atoms with Crippen molar-refractivity contribution in [1.29, 1.82) is 5.26 Å². The van der Waals surface area contributed by atoms with Crippen molar-refractivity contribution in [2.75, 3.05) is 31.5 Å². The lowest BCUT2D eigenvalue weighted by molar-refractivity contribution is -0.120. The predicted molar refractivity (Wildman–Crippen MR) is 128 cm³/mol. The van der Waals surface area contributed by atoms with Gasteiger partial charge in [0.15, 0.2) is 0 Å². The fraction of sp³-hybridized carbons (Fsp3) is 0.400. The molecule has 0 saturated carbocycles. The van der Waals surface area contributed by atoms with E-state index < -0.39 is 10.0 Å². The van der Waals surface area contributed by atoms with E-state index in [9.17, 15) is 18.0 Å². The molecule has 2 aromatic rings. The van der Waals surface area contributed by atoms with Crippen LogP contribution in [0.1, 0.15) is 47.2 Å². The lowest BCUT2D eigenvalue weighted by Crippen LogP contribution is -2.41. The first-order chi connectivity index (χ1) is 16.3. The first-order valence-corrected chi connectivity index (χ1v) is 13.0. The van der Waals surface area contributed by atoms with E-state index in [1.807, 2.05) is 30.0 Å². The van der Waals surface area contributed by atoms with Gasteiger partial charge in [0, 0.05) is 32.1 Å². The zero-order valence-corrected chi connectivity index (χ0v) is 20.0. The number of nitriles is 1. The van der Waals surface area contributed by atoms with Crippen LogP contribution < -0.4 is 5.32 Å². The van der Waals surface area contributed by atoms with Gasteiger partial charge in [0.2, 0.25) is 15.9 Å². The molecule has 2 aliphatic rings. The van der Waals surface area contributed by atoms with Crippen molar-refractivity contribution in [2.24, 2.45) is 5.92 Å². The minimum atomic E-state index is -3.69. The number of likely N-dealkylation sites (tertiary alicyclic amines) is 1. The number of nitrogens with one attached hydrogen (secondary N) is 1. The molecule has 9 heteroatoms. The quantitative estimate of drug-likeness (QED) is 0.707. The molecule has 2 aromatic carbocycles. The van der Waals surface area contributed by atoms with E-state index in [0.29, 0.717) is 29.7 Å². The van der Waals surface area contributed by atoms with Crippen LogP contribution in [0, 0.1) is 24.2 Å². The smallest absolute Gasteiger partial charge is 0.256 e. The normalized spacial score (nSPS) is 17.4. The number of amides is 2. The molecule has 178 valence electrons. The van der Waals surface area contributed by atoms with Crippen LogP contribution in [0.15, 0.2) is 47.4 Å². The second kappa shape index (κ2) is 9.95. The summed E-state index contributed by atoms with van der Waals surface area (Å²) in [6.45, 7) is 3.78. The molecule has 4 rings (SSSR count). The molecule has 34 heavy (non-hydrogen) atoms. The van der Waals surface area contributed by atoms with Gasteiger partial charge in [0.05, 0.1) is 27.8 Å². The van der Waals surface area contributed by atoms with Crippen molar-refractivity contribution < 1.29 is 18.0 Å². The van der Waals surface area contributed by atoms with E-state index >= 15 is 0 Å². The molecule has 0 radical (unpaired) electrons. The van der Waals surface area contributed by atoms with Crippen molar-refractivity contribution >= 4 is 27.5 Å². The van der Waals surface area contributed by atoms with Crippen molar-refractivity contribution in [1.82, 2.24) is 9.21 Å². The number of nitrogens with zero attached hydrogens (tertiary/aromatic N) is 3. The third-order valence-corrected chi connectivity index (χ3v) is 8.50. The largest absolute Gasteiger partial charge is 0.339 e. The van der Waals surface area contributed by atoms with Crippen LogP contribution in [0.2, 0.25) is 0 Å². The second-order valence-electron chi connectivity index (χ2n) is 8.80. The predicted octanol–water partition coefficient (Wildman–Crippen LogP) is 3.14. The standard InChI is InChI=1S/C25H28N4O4S/c1-18-5-4-6-22(23(18)25(31)28-13-2-3-14-28)27-24(30)20-11-15-29(16-12-20)34(32,33)21-9-7-19(17-26)8-10-21/h4-10,20H,2-3,11-16H2,1H3,(H,27,30). The molecule has 0 aliphatic carbocycles. The molecular weight excluding hydrogens is 452 g/mol. The molecule has 2 heterocycles. The van der Waals surface area contributed by atoms with Gasteiger partial charge in [-0.1, -0.05) is 12.1 Å². The van der Waals surface area contributed by atoms with Crippen molar-refractivity contribution in [2.45, 2.75) is 37.5 Å². The summed E-state index contributed by atoms with van der Waals surface area (Å²) in [6, 6.07) is 13.2. The van der Waals surface area contributed by atoms with E-state index in [1.165, 1.54) is 28.6 Å². The number of carbonyl (C=O) groups excluding carboxylic acids is 2. The Kier molecular flexibility index (Phi) is 7.00. The minimum absolute atomic E-state index is 0.0609. The van der Waals surface area contributed by atoms with Crippen LogP contribution in [0.5, 0.6) is 0 Å². The van der Waals surface area contributed by atoms with Crippen molar-refractivity contribution in [3.8, 4) is 6.07 Å².